The number of hydrogen-bond donors (Lipinski definition) is 1. The molecule has 1 aromatic heterocycles. The number of nitrogens with zero attached hydrogens (tertiary/aromatic N) is 2. The zero-order chi connectivity index (χ0) is 19.2. The van der Waals surface area contributed by atoms with Crippen LogP contribution in [-0.2, 0) is 4.79 Å². The summed E-state index contributed by atoms with van der Waals surface area (Å²) in [6, 6.07) is 10.5. The second kappa shape index (κ2) is 8.66. The second-order valence-electron chi connectivity index (χ2n) is 6.83. The quantitative estimate of drug-likeness (QED) is 0.870. The van der Waals surface area contributed by atoms with Crippen molar-refractivity contribution in [1.29, 1.82) is 0 Å². The molecule has 1 aliphatic rings. The minimum absolute atomic E-state index is 0.0482. The summed E-state index contributed by atoms with van der Waals surface area (Å²) >= 11 is 0. The molecule has 1 fully saturated rings. The van der Waals surface area contributed by atoms with Gasteiger partial charge in [0.15, 0.2) is 0 Å². The SMILES string of the molecule is COc1ccc(N(C)C(=O)c2cccc(NC(=O)C3CCCCC3)c2)cn1. The van der Waals surface area contributed by atoms with Gasteiger partial charge in [0.1, 0.15) is 0 Å². The summed E-state index contributed by atoms with van der Waals surface area (Å²) in [5.41, 5.74) is 1.82. The van der Waals surface area contributed by atoms with Crippen molar-refractivity contribution < 1.29 is 14.3 Å². The van der Waals surface area contributed by atoms with Gasteiger partial charge in [-0.1, -0.05) is 25.3 Å². The van der Waals surface area contributed by atoms with Crippen LogP contribution < -0.4 is 15.0 Å². The van der Waals surface area contributed by atoms with Gasteiger partial charge in [-0.2, -0.15) is 0 Å². The predicted molar refractivity (Wildman–Crippen MR) is 105 cm³/mol. The number of aromatic nitrogens is 1. The van der Waals surface area contributed by atoms with Gasteiger partial charge in [-0.25, -0.2) is 4.98 Å². The normalized spacial score (nSPS) is 14.4. The Balaban J connectivity index is 1.69. The number of anilines is 2. The summed E-state index contributed by atoms with van der Waals surface area (Å²) in [6.45, 7) is 0. The van der Waals surface area contributed by atoms with Crippen molar-refractivity contribution >= 4 is 23.2 Å². The Labute approximate surface area is 159 Å². The van der Waals surface area contributed by atoms with Crippen molar-refractivity contribution in [2.75, 3.05) is 24.4 Å². The number of pyridine rings is 1. The highest BCUT2D eigenvalue weighted by molar-refractivity contribution is 6.06. The largest absolute Gasteiger partial charge is 0.481 e. The summed E-state index contributed by atoms with van der Waals surface area (Å²) < 4.78 is 5.04. The smallest absolute Gasteiger partial charge is 0.258 e. The molecule has 1 saturated carbocycles. The van der Waals surface area contributed by atoms with Crippen LogP contribution in [0.5, 0.6) is 5.88 Å². The van der Waals surface area contributed by atoms with Crippen molar-refractivity contribution in [3.05, 3.63) is 48.2 Å². The van der Waals surface area contributed by atoms with Gasteiger partial charge in [0.05, 0.1) is 19.0 Å². The van der Waals surface area contributed by atoms with E-state index >= 15 is 0 Å². The van der Waals surface area contributed by atoms with Gasteiger partial charge >= 0.3 is 0 Å². The molecule has 0 aliphatic heterocycles. The third-order valence-electron chi connectivity index (χ3n) is 4.97. The van der Waals surface area contributed by atoms with E-state index in [1.807, 2.05) is 6.07 Å². The van der Waals surface area contributed by atoms with Gasteiger partial charge in [0.2, 0.25) is 11.8 Å². The number of amides is 2. The van der Waals surface area contributed by atoms with E-state index in [1.165, 1.54) is 11.3 Å². The lowest BCUT2D eigenvalue weighted by Crippen LogP contribution is -2.27. The highest BCUT2D eigenvalue weighted by Crippen LogP contribution is 2.25. The average Bonchev–Trinajstić information content (AvgIpc) is 2.73. The molecule has 27 heavy (non-hydrogen) atoms. The minimum atomic E-state index is -0.171. The Morgan fingerprint density at radius 2 is 1.93 bits per heavy atom. The van der Waals surface area contributed by atoms with Crippen molar-refractivity contribution in [3.63, 3.8) is 0 Å². The van der Waals surface area contributed by atoms with Crippen molar-refractivity contribution in [2.45, 2.75) is 32.1 Å². The number of ether oxygens (including phenoxy) is 1. The van der Waals surface area contributed by atoms with Gasteiger partial charge in [-0.3, -0.25) is 9.59 Å². The van der Waals surface area contributed by atoms with Crippen LogP contribution in [0.25, 0.3) is 0 Å². The Morgan fingerprint density at radius 1 is 1.15 bits per heavy atom. The molecular weight excluding hydrogens is 342 g/mol. The molecule has 1 aromatic carbocycles. The number of carbonyl (C=O) groups excluding carboxylic acids is 2. The fourth-order valence-electron chi connectivity index (χ4n) is 3.34. The van der Waals surface area contributed by atoms with Crippen LogP contribution in [0.15, 0.2) is 42.6 Å². The lowest BCUT2D eigenvalue weighted by molar-refractivity contribution is -0.120. The van der Waals surface area contributed by atoms with Gasteiger partial charge in [0.25, 0.3) is 5.91 Å². The first-order chi connectivity index (χ1) is 13.1. The minimum Gasteiger partial charge on any atom is -0.481 e. The van der Waals surface area contributed by atoms with Gasteiger partial charge in [-0.05, 0) is 37.1 Å². The maximum atomic E-state index is 12.8. The molecule has 1 heterocycles. The molecule has 2 aromatic rings. The molecule has 0 atom stereocenters. The molecule has 1 N–H and O–H groups in total. The lowest BCUT2D eigenvalue weighted by Gasteiger charge is -2.21. The zero-order valence-electron chi connectivity index (χ0n) is 15.8. The molecule has 6 heteroatoms. The molecule has 0 spiro atoms. The van der Waals surface area contributed by atoms with E-state index in [9.17, 15) is 9.59 Å². The third kappa shape index (κ3) is 4.64. The van der Waals surface area contributed by atoms with Crippen LogP contribution >= 0.6 is 0 Å². The summed E-state index contributed by atoms with van der Waals surface area (Å²) in [5, 5.41) is 2.96. The standard InChI is InChI=1S/C21H25N3O3/c1-24(18-11-12-19(27-2)22-14-18)21(26)16-9-6-10-17(13-16)23-20(25)15-7-4-3-5-8-15/h6,9-15H,3-5,7-8H2,1-2H3,(H,23,25). The fourth-order valence-corrected chi connectivity index (χ4v) is 3.34. The number of nitrogens with one attached hydrogen (secondary N) is 1. The second-order valence-corrected chi connectivity index (χ2v) is 6.83. The van der Waals surface area contributed by atoms with E-state index in [4.69, 9.17) is 4.74 Å². The topological polar surface area (TPSA) is 71.5 Å². The van der Waals surface area contributed by atoms with Crippen molar-refractivity contribution in [1.82, 2.24) is 4.98 Å². The number of hydrogen-bond acceptors (Lipinski definition) is 4. The third-order valence-corrected chi connectivity index (χ3v) is 4.97. The Kier molecular flexibility index (Phi) is 6.06. The number of carbonyl (C=O) groups is 2. The number of methoxy groups -OCH3 is 1. The molecule has 142 valence electrons. The van der Waals surface area contributed by atoms with Crippen LogP contribution in [-0.4, -0.2) is 31.0 Å². The average molecular weight is 367 g/mol. The van der Waals surface area contributed by atoms with Crippen LogP contribution in [0.1, 0.15) is 42.5 Å². The molecule has 3 rings (SSSR count). The van der Waals surface area contributed by atoms with E-state index in [0.717, 1.165) is 25.7 Å². The highest BCUT2D eigenvalue weighted by atomic mass is 16.5. The van der Waals surface area contributed by atoms with Crippen LogP contribution in [0.3, 0.4) is 0 Å². The van der Waals surface area contributed by atoms with Crippen LogP contribution in [0, 0.1) is 5.92 Å². The molecular formula is C21H25N3O3. The van der Waals surface area contributed by atoms with E-state index in [0.29, 0.717) is 22.8 Å². The Bertz CT molecular complexity index is 799. The highest BCUT2D eigenvalue weighted by Gasteiger charge is 2.21. The number of rotatable bonds is 5. The molecule has 0 unspecified atom stereocenters. The van der Waals surface area contributed by atoms with E-state index in [2.05, 4.69) is 10.3 Å². The molecule has 0 saturated heterocycles. The summed E-state index contributed by atoms with van der Waals surface area (Å²) in [4.78, 5) is 30.9. The maximum Gasteiger partial charge on any atom is 0.258 e. The molecule has 6 nitrogen and oxygen atoms in total. The van der Waals surface area contributed by atoms with Crippen molar-refractivity contribution in [3.8, 4) is 5.88 Å². The zero-order valence-corrected chi connectivity index (χ0v) is 15.8. The van der Waals surface area contributed by atoms with Crippen LogP contribution in [0.4, 0.5) is 11.4 Å². The monoisotopic (exact) mass is 367 g/mol. The van der Waals surface area contributed by atoms with E-state index in [1.54, 1.807) is 50.7 Å². The summed E-state index contributed by atoms with van der Waals surface area (Å²) in [7, 11) is 3.24. The fraction of sp³-hybridized carbons (Fsp3) is 0.381. The first-order valence-corrected chi connectivity index (χ1v) is 9.27. The van der Waals surface area contributed by atoms with E-state index in [-0.39, 0.29) is 17.7 Å². The van der Waals surface area contributed by atoms with Gasteiger partial charge in [-0.15, -0.1) is 0 Å². The van der Waals surface area contributed by atoms with Gasteiger partial charge < -0.3 is 15.0 Å². The maximum absolute atomic E-state index is 12.8. The van der Waals surface area contributed by atoms with Crippen LogP contribution in [0.2, 0.25) is 0 Å². The molecule has 1 aliphatic carbocycles. The number of benzene rings is 1. The Hall–Kier alpha value is -2.89. The molecule has 2 amide bonds. The Morgan fingerprint density at radius 3 is 2.59 bits per heavy atom. The van der Waals surface area contributed by atoms with Crippen molar-refractivity contribution in [2.24, 2.45) is 5.92 Å². The first-order valence-electron chi connectivity index (χ1n) is 9.27. The summed E-state index contributed by atoms with van der Waals surface area (Å²) in [5.74, 6) is 0.445. The lowest BCUT2D eigenvalue weighted by atomic mass is 9.88. The van der Waals surface area contributed by atoms with Gasteiger partial charge in [0, 0.05) is 30.3 Å². The van der Waals surface area contributed by atoms with E-state index < -0.39 is 0 Å². The molecule has 0 radical (unpaired) electrons. The predicted octanol–water partition coefficient (Wildman–Crippen LogP) is 3.89. The summed E-state index contributed by atoms with van der Waals surface area (Å²) in [6.07, 6.45) is 6.90. The first kappa shape index (κ1) is 18.9. The molecule has 0 bridgehead atoms.